The molecule has 2 heterocycles. The Morgan fingerprint density at radius 3 is 2.75 bits per heavy atom. The zero-order valence-electron chi connectivity index (χ0n) is 12.0. The Labute approximate surface area is 118 Å². The molecule has 7 nitrogen and oxygen atoms in total. The van der Waals surface area contributed by atoms with Crippen LogP contribution in [0.4, 0.5) is 0 Å². The molecule has 0 aliphatic carbocycles. The molecule has 1 saturated heterocycles. The van der Waals surface area contributed by atoms with Crippen LogP contribution >= 0.6 is 0 Å². The third-order valence-electron chi connectivity index (χ3n) is 3.20. The van der Waals surface area contributed by atoms with Crippen LogP contribution in [0.1, 0.15) is 36.3 Å². The summed E-state index contributed by atoms with van der Waals surface area (Å²) in [5, 5.41) is 0. The Kier molecular flexibility index (Phi) is 4.74. The van der Waals surface area contributed by atoms with Crippen molar-refractivity contribution in [3.63, 3.8) is 0 Å². The number of carbonyl (C=O) groups is 1. The maximum atomic E-state index is 12.2. The van der Waals surface area contributed by atoms with Crippen molar-refractivity contribution in [2.45, 2.75) is 26.2 Å². The molecule has 1 aromatic rings. The van der Waals surface area contributed by atoms with Crippen LogP contribution in [0.5, 0.6) is 0 Å². The van der Waals surface area contributed by atoms with Crippen molar-refractivity contribution in [2.75, 3.05) is 26.8 Å². The van der Waals surface area contributed by atoms with E-state index in [1.807, 2.05) is 13.8 Å². The Morgan fingerprint density at radius 1 is 1.50 bits per heavy atom. The molecule has 2 rings (SSSR count). The van der Waals surface area contributed by atoms with Crippen LogP contribution in [0.2, 0.25) is 0 Å². The lowest BCUT2D eigenvalue weighted by Crippen LogP contribution is -2.35. The lowest BCUT2D eigenvalue weighted by atomic mass is 10.1. The van der Waals surface area contributed by atoms with E-state index in [0.717, 1.165) is 0 Å². The minimum atomic E-state index is -0.367. The summed E-state index contributed by atoms with van der Waals surface area (Å²) in [6, 6.07) is -0.316. The van der Waals surface area contributed by atoms with Crippen LogP contribution in [0.25, 0.3) is 0 Å². The summed E-state index contributed by atoms with van der Waals surface area (Å²) in [4.78, 5) is 17.9. The predicted molar refractivity (Wildman–Crippen MR) is 70.9 cm³/mol. The molecule has 0 bridgehead atoms. The number of nitrogens with two attached hydrogens (primary N) is 1. The number of oxazole rings is 1. The maximum Gasteiger partial charge on any atom is 0.275 e. The fourth-order valence-corrected chi connectivity index (χ4v) is 1.84. The predicted octanol–water partition coefficient (Wildman–Crippen LogP) is 0.775. The fourth-order valence-electron chi connectivity index (χ4n) is 1.84. The second kappa shape index (κ2) is 6.34. The van der Waals surface area contributed by atoms with Crippen molar-refractivity contribution >= 4 is 5.91 Å². The molecule has 2 N–H and O–H groups in total. The number of ether oxygens (including phenoxy) is 2. The van der Waals surface area contributed by atoms with Gasteiger partial charge in [-0.2, -0.15) is 0 Å². The molecule has 112 valence electrons. The molecule has 0 aromatic carbocycles. The smallest absolute Gasteiger partial charge is 0.275 e. The monoisotopic (exact) mass is 283 g/mol. The zero-order valence-corrected chi connectivity index (χ0v) is 12.0. The van der Waals surface area contributed by atoms with Crippen LogP contribution in [0, 0.1) is 5.92 Å². The molecule has 7 heteroatoms. The maximum absolute atomic E-state index is 12.2. The molecule has 0 spiro atoms. The number of likely N-dealkylation sites (N-methyl/N-ethyl adjacent to an activating group) is 1. The van der Waals surface area contributed by atoms with Crippen molar-refractivity contribution in [3.05, 3.63) is 17.8 Å². The van der Waals surface area contributed by atoms with Gasteiger partial charge in [0, 0.05) is 7.05 Å². The number of hydrogen-bond donors (Lipinski definition) is 1. The summed E-state index contributed by atoms with van der Waals surface area (Å²) >= 11 is 0. The molecule has 1 fully saturated rings. The third kappa shape index (κ3) is 3.36. The lowest BCUT2D eigenvalue weighted by Gasteiger charge is -2.19. The second-order valence-electron chi connectivity index (χ2n) is 5.20. The SMILES string of the molecule is CC(C)C(N)c1nc(C(=O)N(C)CC2OCCO2)co1. The Hall–Kier alpha value is -1.44. The molecule has 20 heavy (non-hydrogen) atoms. The minimum absolute atomic E-state index is 0.189. The normalized spacial score (nSPS) is 17.6. The van der Waals surface area contributed by atoms with Gasteiger partial charge in [0.1, 0.15) is 6.26 Å². The molecular weight excluding hydrogens is 262 g/mol. The molecule has 0 saturated carbocycles. The number of hydrogen-bond acceptors (Lipinski definition) is 6. The van der Waals surface area contributed by atoms with Gasteiger partial charge in [0.25, 0.3) is 5.91 Å². The van der Waals surface area contributed by atoms with E-state index in [-0.39, 0.29) is 29.9 Å². The van der Waals surface area contributed by atoms with Gasteiger partial charge in [-0.1, -0.05) is 13.8 Å². The first kappa shape index (κ1) is 15.0. The molecule has 0 radical (unpaired) electrons. The third-order valence-corrected chi connectivity index (χ3v) is 3.20. The van der Waals surface area contributed by atoms with Crippen molar-refractivity contribution in [3.8, 4) is 0 Å². The van der Waals surface area contributed by atoms with Gasteiger partial charge in [-0.15, -0.1) is 0 Å². The number of carbonyl (C=O) groups excluding carboxylic acids is 1. The standard InChI is InChI=1S/C13H21N3O4/c1-8(2)11(14)12-15-9(7-20-12)13(17)16(3)6-10-18-4-5-19-10/h7-8,10-11H,4-6,14H2,1-3H3. The Balaban J connectivity index is 1.97. The van der Waals surface area contributed by atoms with Gasteiger partial charge >= 0.3 is 0 Å². The highest BCUT2D eigenvalue weighted by atomic mass is 16.7. The first-order valence-electron chi connectivity index (χ1n) is 6.68. The first-order valence-corrected chi connectivity index (χ1v) is 6.68. The summed E-state index contributed by atoms with van der Waals surface area (Å²) in [6.07, 6.45) is 0.973. The molecule has 1 aliphatic rings. The largest absolute Gasteiger partial charge is 0.446 e. The Morgan fingerprint density at radius 2 is 2.15 bits per heavy atom. The van der Waals surface area contributed by atoms with E-state index in [1.165, 1.54) is 11.2 Å². The van der Waals surface area contributed by atoms with Crippen LogP contribution in [0.15, 0.2) is 10.7 Å². The van der Waals surface area contributed by atoms with E-state index in [2.05, 4.69) is 4.98 Å². The highest BCUT2D eigenvalue weighted by Gasteiger charge is 2.24. The number of amides is 1. The highest BCUT2D eigenvalue weighted by molar-refractivity contribution is 5.91. The van der Waals surface area contributed by atoms with Crippen molar-refractivity contribution in [1.82, 2.24) is 9.88 Å². The van der Waals surface area contributed by atoms with Crippen LogP contribution in [-0.2, 0) is 9.47 Å². The van der Waals surface area contributed by atoms with Gasteiger partial charge in [0.15, 0.2) is 12.0 Å². The van der Waals surface area contributed by atoms with Crippen LogP contribution in [-0.4, -0.2) is 48.9 Å². The van der Waals surface area contributed by atoms with E-state index in [0.29, 0.717) is 25.6 Å². The summed E-state index contributed by atoms with van der Waals surface area (Å²) in [5.41, 5.74) is 6.19. The average molecular weight is 283 g/mol. The lowest BCUT2D eigenvalue weighted by molar-refractivity contribution is -0.0543. The summed E-state index contributed by atoms with van der Waals surface area (Å²) in [6.45, 7) is 5.42. The number of aromatic nitrogens is 1. The van der Waals surface area contributed by atoms with E-state index < -0.39 is 0 Å². The fraction of sp³-hybridized carbons (Fsp3) is 0.692. The van der Waals surface area contributed by atoms with Crippen LogP contribution < -0.4 is 5.73 Å². The molecule has 1 unspecified atom stereocenters. The molecular formula is C13H21N3O4. The highest BCUT2D eigenvalue weighted by Crippen LogP contribution is 2.18. The summed E-state index contributed by atoms with van der Waals surface area (Å²) in [7, 11) is 1.67. The van der Waals surface area contributed by atoms with Gasteiger partial charge in [0.2, 0.25) is 5.89 Å². The number of nitrogens with zero attached hydrogens (tertiary/aromatic N) is 2. The second-order valence-corrected chi connectivity index (χ2v) is 5.20. The van der Waals surface area contributed by atoms with Gasteiger partial charge in [-0.05, 0) is 5.92 Å². The van der Waals surface area contributed by atoms with Gasteiger partial charge in [-0.25, -0.2) is 4.98 Å². The van der Waals surface area contributed by atoms with E-state index in [1.54, 1.807) is 7.05 Å². The van der Waals surface area contributed by atoms with E-state index in [4.69, 9.17) is 19.6 Å². The molecule has 1 atom stereocenters. The van der Waals surface area contributed by atoms with Crippen molar-refractivity contribution in [2.24, 2.45) is 11.7 Å². The molecule has 1 amide bonds. The zero-order chi connectivity index (χ0) is 14.7. The van der Waals surface area contributed by atoms with Gasteiger partial charge in [-0.3, -0.25) is 4.79 Å². The Bertz CT molecular complexity index is 454. The van der Waals surface area contributed by atoms with Crippen molar-refractivity contribution < 1.29 is 18.7 Å². The average Bonchev–Trinajstić information content (AvgIpc) is 3.07. The molecule has 1 aliphatic heterocycles. The summed E-state index contributed by atoms with van der Waals surface area (Å²) in [5.74, 6) is 0.329. The molecule has 1 aromatic heterocycles. The van der Waals surface area contributed by atoms with E-state index in [9.17, 15) is 4.79 Å². The van der Waals surface area contributed by atoms with Crippen molar-refractivity contribution in [1.29, 1.82) is 0 Å². The first-order chi connectivity index (χ1) is 9.49. The quantitative estimate of drug-likeness (QED) is 0.858. The van der Waals surface area contributed by atoms with Crippen LogP contribution in [0.3, 0.4) is 0 Å². The van der Waals surface area contributed by atoms with E-state index >= 15 is 0 Å². The topological polar surface area (TPSA) is 90.8 Å². The minimum Gasteiger partial charge on any atom is -0.446 e. The van der Waals surface area contributed by atoms with Gasteiger partial charge < -0.3 is 24.5 Å². The number of rotatable bonds is 5. The summed E-state index contributed by atoms with van der Waals surface area (Å²) < 4.78 is 15.9. The van der Waals surface area contributed by atoms with Gasteiger partial charge in [0.05, 0.1) is 25.8 Å².